The molecule has 2 aromatic carbocycles. The van der Waals surface area contributed by atoms with Crippen molar-refractivity contribution in [1.29, 1.82) is 0 Å². The van der Waals surface area contributed by atoms with Crippen LogP contribution in [0.1, 0.15) is 24.0 Å². The van der Waals surface area contributed by atoms with E-state index in [0.29, 0.717) is 17.1 Å². The summed E-state index contributed by atoms with van der Waals surface area (Å²) in [7, 11) is 1.59. The fourth-order valence-corrected chi connectivity index (χ4v) is 6.51. The number of quaternary nitrogens is 1. The molecular formula is C24H24N3O4+. The predicted molar refractivity (Wildman–Crippen MR) is 113 cm³/mol. The van der Waals surface area contributed by atoms with Crippen molar-refractivity contribution in [2.24, 2.45) is 11.8 Å². The van der Waals surface area contributed by atoms with Crippen molar-refractivity contribution in [2.45, 2.75) is 31.3 Å². The van der Waals surface area contributed by atoms with Crippen LogP contribution in [0.15, 0.2) is 42.5 Å². The highest BCUT2D eigenvalue weighted by Crippen LogP contribution is 2.52. The average molecular weight is 418 g/mol. The molecule has 31 heavy (non-hydrogen) atoms. The minimum Gasteiger partial charge on any atom is -0.497 e. The molecule has 5 atom stereocenters. The van der Waals surface area contributed by atoms with Gasteiger partial charge in [-0.3, -0.25) is 14.4 Å². The minimum absolute atomic E-state index is 0.0419. The number of amides is 3. The Hall–Kier alpha value is -3.19. The number of nitrogens with one attached hydrogen (secondary N) is 2. The van der Waals surface area contributed by atoms with Gasteiger partial charge in [0.15, 0.2) is 0 Å². The largest absolute Gasteiger partial charge is 0.497 e. The minimum atomic E-state index is -1.10. The van der Waals surface area contributed by atoms with Crippen molar-refractivity contribution < 1.29 is 24.0 Å². The van der Waals surface area contributed by atoms with E-state index in [9.17, 15) is 14.4 Å². The van der Waals surface area contributed by atoms with Gasteiger partial charge in [-0.15, -0.1) is 0 Å². The van der Waals surface area contributed by atoms with Crippen LogP contribution < -0.4 is 19.9 Å². The van der Waals surface area contributed by atoms with Crippen molar-refractivity contribution in [3.8, 4) is 5.75 Å². The third-order valence-corrected chi connectivity index (χ3v) is 7.72. The van der Waals surface area contributed by atoms with Crippen LogP contribution in [0.3, 0.4) is 0 Å². The average Bonchev–Trinajstić information content (AvgIpc) is 3.47. The van der Waals surface area contributed by atoms with E-state index >= 15 is 0 Å². The molecule has 1 unspecified atom stereocenters. The molecule has 6 rings (SSSR count). The lowest BCUT2D eigenvalue weighted by atomic mass is 9.75. The van der Waals surface area contributed by atoms with E-state index < -0.39 is 17.4 Å². The van der Waals surface area contributed by atoms with Crippen molar-refractivity contribution in [3.05, 3.63) is 53.6 Å². The smallest absolute Gasteiger partial charge is 0.291 e. The van der Waals surface area contributed by atoms with Crippen LogP contribution in [0.4, 0.5) is 11.4 Å². The van der Waals surface area contributed by atoms with Crippen molar-refractivity contribution in [3.63, 3.8) is 0 Å². The molecule has 3 saturated heterocycles. The highest BCUT2D eigenvalue weighted by Gasteiger charge is 2.78. The molecule has 4 heterocycles. The number of imide groups is 1. The highest BCUT2D eigenvalue weighted by molar-refractivity contribution is 6.25. The summed E-state index contributed by atoms with van der Waals surface area (Å²) in [5.74, 6) is -1.20. The molecule has 158 valence electrons. The van der Waals surface area contributed by atoms with E-state index in [2.05, 4.69) is 5.32 Å². The standard InChI is InChI=1S/C24H23N3O4/c1-13-5-7-14(8-6-13)27-21(28)19-18-4-3-11-26(18)24(20(19)22(27)29)16-12-15(31-2)9-10-17(16)25-23(24)30/h5-10,12,18-20H,3-4,11H2,1-2H3,(H,25,30)/p+1/t18-,19+,20-,24-/m1/s1. The number of carbonyl (C=O) groups excluding carboxylic acids is 3. The topological polar surface area (TPSA) is 80.2 Å². The number of rotatable bonds is 2. The number of aryl methyl sites for hydroxylation is 1. The van der Waals surface area contributed by atoms with E-state index in [1.807, 2.05) is 49.4 Å². The van der Waals surface area contributed by atoms with E-state index in [1.165, 1.54) is 4.90 Å². The second-order valence-electron chi connectivity index (χ2n) is 9.05. The third kappa shape index (κ3) is 2.14. The normalized spacial score (nSPS) is 33.0. The number of anilines is 2. The molecule has 4 aliphatic rings. The van der Waals surface area contributed by atoms with E-state index in [0.717, 1.165) is 35.4 Å². The zero-order valence-corrected chi connectivity index (χ0v) is 17.5. The second kappa shape index (κ2) is 6.17. The van der Waals surface area contributed by atoms with Gasteiger partial charge in [-0.1, -0.05) is 17.7 Å². The number of fused-ring (bicyclic) bond motifs is 7. The lowest BCUT2D eigenvalue weighted by Crippen LogP contribution is -3.19. The first-order valence-corrected chi connectivity index (χ1v) is 10.8. The molecule has 3 amide bonds. The van der Waals surface area contributed by atoms with E-state index in [-0.39, 0.29) is 23.8 Å². The van der Waals surface area contributed by atoms with Gasteiger partial charge in [-0.05, 0) is 37.3 Å². The number of methoxy groups -OCH3 is 1. The van der Waals surface area contributed by atoms with Crippen LogP contribution in [0, 0.1) is 18.8 Å². The molecule has 3 fully saturated rings. The van der Waals surface area contributed by atoms with Crippen LogP contribution in [-0.4, -0.2) is 37.4 Å². The molecule has 1 spiro atoms. The first kappa shape index (κ1) is 18.6. The Morgan fingerprint density at radius 1 is 1.10 bits per heavy atom. The summed E-state index contributed by atoms with van der Waals surface area (Å²) in [6, 6.07) is 12.9. The maximum absolute atomic E-state index is 13.9. The molecule has 0 bridgehead atoms. The number of ether oxygens (including phenoxy) is 1. The second-order valence-corrected chi connectivity index (χ2v) is 9.05. The van der Waals surface area contributed by atoms with Gasteiger partial charge in [0.2, 0.25) is 17.4 Å². The zero-order valence-electron chi connectivity index (χ0n) is 17.5. The number of hydrogen-bond donors (Lipinski definition) is 2. The summed E-state index contributed by atoms with van der Waals surface area (Å²) in [6.45, 7) is 2.74. The Morgan fingerprint density at radius 2 is 1.87 bits per heavy atom. The van der Waals surface area contributed by atoms with Crippen LogP contribution in [0.2, 0.25) is 0 Å². The summed E-state index contributed by atoms with van der Waals surface area (Å²) in [5.41, 5.74) is 2.02. The number of nitrogens with zero attached hydrogens (tertiary/aromatic N) is 1. The number of carbonyl (C=O) groups is 3. The van der Waals surface area contributed by atoms with Gasteiger partial charge in [0.05, 0.1) is 30.6 Å². The summed E-state index contributed by atoms with van der Waals surface area (Å²) in [5, 5.41) is 3.01. The summed E-state index contributed by atoms with van der Waals surface area (Å²) in [4.78, 5) is 43.5. The Bertz CT molecular complexity index is 1140. The van der Waals surface area contributed by atoms with Gasteiger partial charge in [0, 0.05) is 12.8 Å². The Balaban J connectivity index is 1.55. The van der Waals surface area contributed by atoms with Gasteiger partial charge in [0.25, 0.3) is 5.91 Å². The molecular weight excluding hydrogens is 394 g/mol. The summed E-state index contributed by atoms with van der Waals surface area (Å²) >= 11 is 0. The SMILES string of the molecule is COc1ccc2c(c1)[C@]1(C(=O)N2)[C@H]2C(=O)N(c3ccc(C)cc3)C(=O)[C@H]2[C@H]2CCC[NH+]21. The Labute approximate surface area is 180 Å². The predicted octanol–water partition coefficient (Wildman–Crippen LogP) is 1.02. The molecule has 0 aromatic heterocycles. The molecule has 7 nitrogen and oxygen atoms in total. The zero-order chi connectivity index (χ0) is 21.5. The van der Waals surface area contributed by atoms with Crippen LogP contribution in [0.5, 0.6) is 5.75 Å². The van der Waals surface area contributed by atoms with Crippen LogP contribution in [-0.2, 0) is 19.9 Å². The van der Waals surface area contributed by atoms with Gasteiger partial charge in [0.1, 0.15) is 23.6 Å². The first-order chi connectivity index (χ1) is 15.0. The maximum Gasteiger partial charge on any atom is 0.291 e. The number of benzene rings is 2. The maximum atomic E-state index is 13.9. The molecule has 7 heteroatoms. The first-order valence-electron chi connectivity index (χ1n) is 10.8. The van der Waals surface area contributed by atoms with E-state index in [1.54, 1.807) is 7.11 Å². The molecule has 2 aromatic rings. The van der Waals surface area contributed by atoms with Gasteiger partial charge in [-0.25, -0.2) is 4.90 Å². The fourth-order valence-electron chi connectivity index (χ4n) is 6.51. The molecule has 0 saturated carbocycles. The van der Waals surface area contributed by atoms with Crippen LogP contribution >= 0.6 is 0 Å². The van der Waals surface area contributed by atoms with Crippen LogP contribution in [0.25, 0.3) is 0 Å². The Kier molecular flexibility index (Phi) is 3.69. The molecule has 2 N–H and O–H groups in total. The molecule has 4 aliphatic heterocycles. The quantitative estimate of drug-likeness (QED) is 0.714. The van der Waals surface area contributed by atoms with Gasteiger partial charge >= 0.3 is 0 Å². The fraction of sp³-hybridized carbons (Fsp3) is 0.375. The molecule has 0 aliphatic carbocycles. The number of hydrogen-bond acceptors (Lipinski definition) is 4. The van der Waals surface area contributed by atoms with Crippen molar-refractivity contribution in [1.82, 2.24) is 0 Å². The van der Waals surface area contributed by atoms with Gasteiger partial charge in [-0.2, -0.15) is 0 Å². The lowest BCUT2D eigenvalue weighted by Gasteiger charge is -2.33. The van der Waals surface area contributed by atoms with Crippen molar-refractivity contribution >= 4 is 29.1 Å². The highest BCUT2D eigenvalue weighted by atomic mass is 16.5. The lowest BCUT2D eigenvalue weighted by molar-refractivity contribution is -0.948. The third-order valence-electron chi connectivity index (χ3n) is 7.72. The van der Waals surface area contributed by atoms with Gasteiger partial charge < -0.3 is 15.0 Å². The summed E-state index contributed by atoms with van der Waals surface area (Å²) < 4.78 is 5.44. The van der Waals surface area contributed by atoms with E-state index in [4.69, 9.17) is 4.74 Å². The Morgan fingerprint density at radius 3 is 2.61 bits per heavy atom. The monoisotopic (exact) mass is 418 g/mol. The molecule has 0 radical (unpaired) electrons. The van der Waals surface area contributed by atoms with Crippen molar-refractivity contribution in [2.75, 3.05) is 23.9 Å². The summed E-state index contributed by atoms with van der Waals surface area (Å²) in [6.07, 6.45) is 1.77.